The summed E-state index contributed by atoms with van der Waals surface area (Å²) < 4.78 is 0. The van der Waals surface area contributed by atoms with Gasteiger partial charge in [-0.05, 0) is 17.8 Å². The molecule has 2 rings (SSSR count). The summed E-state index contributed by atoms with van der Waals surface area (Å²) in [7, 11) is 0. The molecule has 0 radical (unpaired) electrons. The standard InChI is InChI=1S/C11H16O2/c1-10(2)7-4-5-11(10,3)8(6-7)9(12)13/h4-5,7-8H,6H2,1-3H3,(H,12,13). The van der Waals surface area contributed by atoms with E-state index in [1.54, 1.807) is 0 Å². The Hall–Kier alpha value is -0.790. The lowest BCUT2D eigenvalue weighted by molar-refractivity contribution is -0.145. The molecule has 0 aromatic carbocycles. The number of carboxylic acids is 1. The maximum absolute atomic E-state index is 11.1. The van der Waals surface area contributed by atoms with Crippen molar-refractivity contribution < 1.29 is 9.90 Å². The second-order valence-corrected chi connectivity index (χ2v) is 5.10. The minimum atomic E-state index is -0.637. The zero-order valence-corrected chi connectivity index (χ0v) is 8.37. The summed E-state index contributed by atoms with van der Waals surface area (Å²) >= 11 is 0. The number of rotatable bonds is 1. The molecule has 0 amide bonds. The van der Waals surface area contributed by atoms with E-state index in [1.165, 1.54) is 0 Å². The molecule has 1 fully saturated rings. The van der Waals surface area contributed by atoms with Crippen molar-refractivity contribution in [3.63, 3.8) is 0 Å². The van der Waals surface area contributed by atoms with Crippen LogP contribution in [0.15, 0.2) is 12.2 Å². The number of allylic oxidation sites excluding steroid dienone is 2. The van der Waals surface area contributed by atoms with E-state index in [9.17, 15) is 4.79 Å². The van der Waals surface area contributed by atoms with Gasteiger partial charge in [0.25, 0.3) is 0 Å². The Morgan fingerprint density at radius 1 is 1.46 bits per heavy atom. The predicted octanol–water partition coefficient (Wildman–Crippen LogP) is 2.31. The minimum Gasteiger partial charge on any atom is -0.481 e. The smallest absolute Gasteiger partial charge is 0.307 e. The molecule has 13 heavy (non-hydrogen) atoms. The highest BCUT2D eigenvalue weighted by molar-refractivity contribution is 5.73. The van der Waals surface area contributed by atoms with Crippen molar-refractivity contribution in [3.8, 4) is 0 Å². The summed E-state index contributed by atoms with van der Waals surface area (Å²) in [4.78, 5) is 11.1. The number of fused-ring (bicyclic) bond motifs is 2. The molecule has 3 atom stereocenters. The largest absolute Gasteiger partial charge is 0.481 e. The SMILES string of the molecule is CC1(C)C2C=CC1(C)C(C(=O)O)C2. The van der Waals surface area contributed by atoms with Gasteiger partial charge >= 0.3 is 5.97 Å². The molecule has 2 heteroatoms. The fraction of sp³-hybridized carbons (Fsp3) is 0.727. The van der Waals surface area contributed by atoms with E-state index in [-0.39, 0.29) is 16.7 Å². The Morgan fingerprint density at radius 2 is 2.08 bits per heavy atom. The molecule has 0 aromatic rings. The third-order valence-corrected chi connectivity index (χ3v) is 4.50. The summed E-state index contributed by atoms with van der Waals surface area (Å²) in [5.74, 6) is -0.362. The number of carbonyl (C=O) groups is 1. The van der Waals surface area contributed by atoms with Gasteiger partial charge in [-0.3, -0.25) is 4.79 Å². The van der Waals surface area contributed by atoms with Crippen LogP contribution in [0.4, 0.5) is 0 Å². The maximum Gasteiger partial charge on any atom is 0.307 e. The normalized spacial score (nSPS) is 45.5. The molecule has 0 heterocycles. The topological polar surface area (TPSA) is 37.3 Å². The van der Waals surface area contributed by atoms with Crippen molar-refractivity contribution in [3.05, 3.63) is 12.2 Å². The fourth-order valence-electron chi connectivity index (χ4n) is 2.97. The van der Waals surface area contributed by atoms with Gasteiger partial charge in [-0.2, -0.15) is 0 Å². The van der Waals surface area contributed by atoms with Crippen LogP contribution in [-0.4, -0.2) is 11.1 Å². The van der Waals surface area contributed by atoms with Crippen LogP contribution < -0.4 is 0 Å². The van der Waals surface area contributed by atoms with Crippen molar-refractivity contribution in [1.29, 1.82) is 0 Å². The molecule has 0 spiro atoms. The minimum absolute atomic E-state index is 0.121. The molecule has 2 aliphatic rings. The lowest BCUT2D eigenvalue weighted by Crippen LogP contribution is -2.35. The van der Waals surface area contributed by atoms with E-state index in [0.717, 1.165) is 6.42 Å². The Balaban J connectivity index is 2.44. The third-order valence-electron chi connectivity index (χ3n) is 4.50. The molecule has 1 saturated carbocycles. The maximum atomic E-state index is 11.1. The van der Waals surface area contributed by atoms with E-state index < -0.39 is 5.97 Å². The monoisotopic (exact) mass is 180 g/mol. The van der Waals surface area contributed by atoms with Crippen LogP contribution >= 0.6 is 0 Å². The van der Waals surface area contributed by atoms with E-state index in [4.69, 9.17) is 5.11 Å². The van der Waals surface area contributed by atoms with Crippen LogP contribution in [0.25, 0.3) is 0 Å². The number of carboxylic acid groups (broad SMARTS) is 1. The molecule has 0 saturated heterocycles. The average molecular weight is 180 g/mol. The molecule has 3 unspecified atom stereocenters. The number of hydrogen-bond acceptors (Lipinski definition) is 1. The highest BCUT2D eigenvalue weighted by Crippen LogP contribution is 2.64. The quantitative estimate of drug-likeness (QED) is 0.629. The van der Waals surface area contributed by atoms with Crippen molar-refractivity contribution in [2.75, 3.05) is 0 Å². The van der Waals surface area contributed by atoms with Crippen molar-refractivity contribution >= 4 is 5.97 Å². The van der Waals surface area contributed by atoms with Gasteiger partial charge in [-0.25, -0.2) is 0 Å². The van der Waals surface area contributed by atoms with Gasteiger partial charge in [0.2, 0.25) is 0 Å². The molecule has 0 aliphatic heterocycles. The number of hydrogen-bond donors (Lipinski definition) is 1. The van der Waals surface area contributed by atoms with E-state index in [1.807, 2.05) is 0 Å². The zero-order valence-electron chi connectivity index (χ0n) is 8.37. The van der Waals surface area contributed by atoms with Gasteiger partial charge in [-0.1, -0.05) is 32.9 Å². The Bertz CT molecular complexity index is 290. The van der Waals surface area contributed by atoms with Crippen LogP contribution in [-0.2, 0) is 4.79 Å². The molecule has 0 aromatic heterocycles. The molecule has 2 aliphatic carbocycles. The molecular weight excluding hydrogens is 164 g/mol. The van der Waals surface area contributed by atoms with Gasteiger partial charge in [0.05, 0.1) is 5.92 Å². The first-order valence-corrected chi connectivity index (χ1v) is 4.82. The molecular formula is C11H16O2. The molecule has 1 N–H and O–H groups in total. The average Bonchev–Trinajstić information content (AvgIpc) is 2.34. The molecule has 2 nitrogen and oxygen atoms in total. The first-order valence-electron chi connectivity index (χ1n) is 4.82. The summed E-state index contributed by atoms with van der Waals surface area (Å²) in [5, 5.41) is 9.10. The Labute approximate surface area is 78.6 Å². The number of aliphatic carboxylic acids is 1. The molecule has 2 bridgehead atoms. The third kappa shape index (κ3) is 0.812. The van der Waals surface area contributed by atoms with Crippen LogP contribution in [0.3, 0.4) is 0 Å². The van der Waals surface area contributed by atoms with E-state index in [0.29, 0.717) is 5.92 Å². The summed E-state index contributed by atoms with van der Waals surface area (Å²) in [6.45, 7) is 6.44. The van der Waals surface area contributed by atoms with Crippen LogP contribution in [0, 0.1) is 22.7 Å². The molecule has 72 valence electrons. The summed E-state index contributed by atoms with van der Waals surface area (Å²) in [5.41, 5.74) is -0.0143. The van der Waals surface area contributed by atoms with Crippen LogP contribution in [0.5, 0.6) is 0 Å². The van der Waals surface area contributed by atoms with Gasteiger partial charge in [0.15, 0.2) is 0 Å². The van der Waals surface area contributed by atoms with Gasteiger partial charge in [0.1, 0.15) is 0 Å². The van der Waals surface area contributed by atoms with Crippen molar-refractivity contribution in [2.24, 2.45) is 22.7 Å². The van der Waals surface area contributed by atoms with Crippen LogP contribution in [0.2, 0.25) is 0 Å². The van der Waals surface area contributed by atoms with Crippen molar-refractivity contribution in [1.82, 2.24) is 0 Å². The van der Waals surface area contributed by atoms with E-state index in [2.05, 4.69) is 32.9 Å². The second-order valence-electron chi connectivity index (χ2n) is 5.10. The Kier molecular flexibility index (Phi) is 1.47. The van der Waals surface area contributed by atoms with Gasteiger partial charge < -0.3 is 5.11 Å². The van der Waals surface area contributed by atoms with Gasteiger partial charge in [-0.15, -0.1) is 0 Å². The Morgan fingerprint density at radius 3 is 2.31 bits per heavy atom. The fourth-order valence-corrected chi connectivity index (χ4v) is 2.97. The highest BCUT2D eigenvalue weighted by atomic mass is 16.4. The summed E-state index contributed by atoms with van der Waals surface area (Å²) in [6, 6.07) is 0. The van der Waals surface area contributed by atoms with Crippen LogP contribution in [0.1, 0.15) is 27.2 Å². The predicted molar refractivity (Wildman–Crippen MR) is 50.3 cm³/mol. The van der Waals surface area contributed by atoms with Gasteiger partial charge in [0, 0.05) is 5.41 Å². The first-order chi connectivity index (χ1) is 5.89. The lowest BCUT2D eigenvalue weighted by atomic mass is 9.67. The van der Waals surface area contributed by atoms with E-state index >= 15 is 0 Å². The van der Waals surface area contributed by atoms with Crippen molar-refractivity contribution in [2.45, 2.75) is 27.2 Å². The summed E-state index contributed by atoms with van der Waals surface area (Å²) in [6.07, 6.45) is 5.12. The lowest BCUT2D eigenvalue weighted by Gasteiger charge is -2.36. The second kappa shape index (κ2) is 2.17. The zero-order chi connectivity index (χ0) is 9.85. The first kappa shape index (κ1) is 8.79. The highest BCUT2D eigenvalue weighted by Gasteiger charge is 2.60.